The third kappa shape index (κ3) is 4.40. The van der Waals surface area contributed by atoms with Gasteiger partial charge in [0.2, 0.25) is 0 Å². The Morgan fingerprint density at radius 1 is 0.293 bits per heavy atom. The Morgan fingerprint density at radius 3 is 1.67 bits per heavy atom. The predicted molar refractivity (Wildman–Crippen MR) is 241 cm³/mol. The molecule has 58 heavy (non-hydrogen) atoms. The van der Waals surface area contributed by atoms with Gasteiger partial charge in [-0.3, -0.25) is 0 Å². The molecule has 4 heteroatoms. The number of nitrogens with zero attached hydrogens (tertiary/aromatic N) is 2. The highest BCUT2D eigenvalue weighted by atomic mass is 16.3. The number of fused-ring (bicyclic) bond motifs is 12. The maximum Gasteiger partial charge on any atom is 0.159 e. The Morgan fingerprint density at radius 2 is 0.879 bits per heavy atom. The Balaban J connectivity index is 1.09. The molecule has 0 unspecified atom stereocenters. The van der Waals surface area contributed by atoms with Crippen molar-refractivity contribution in [3.05, 3.63) is 194 Å². The van der Waals surface area contributed by atoms with Gasteiger partial charge in [0.15, 0.2) is 5.58 Å². The molecule has 0 spiro atoms. The summed E-state index contributed by atoms with van der Waals surface area (Å²) < 4.78 is 17.7. The fourth-order valence-corrected chi connectivity index (χ4v) is 9.55. The first-order valence-electron chi connectivity index (χ1n) is 19.8. The molecule has 4 heterocycles. The summed E-state index contributed by atoms with van der Waals surface area (Å²) in [4.78, 5) is 0. The lowest BCUT2D eigenvalue weighted by Gasteiger charge is -2.14. The molecule has 0 aliphatic heterocycles. The molecule has 0 aliphatic rings. The molecule has 9 aromatic carbocycles. The maximum atomic E-state index is 6.65. The second-order valence-electron chi connectivity index (χ2n) is 15.2. The van der Waals surface area contributed by atoms with Crippen LogP contribution in [0.1, 0.15) is 0 Å². The Hall–Kier alpha value is -7.82. The van der Waals surface area contributed by atoms with E-state index in [1.54, 1.807) is 0 Å². The van der Waals surface area contributed by atoms with E-state index in [0.717, 1.165) is 77.4 Å². The van der Waals surface area contributed by atoms with E-state index in [2.05, 4.69) is 185 Å². The molecular formula is C54H32N2O2. The van der Waals surface area contributed by atoms with E-state index in [1.807, 2.05) is 18.2 Å². The molecule has 13 aromatic rings. The van der Waals surface area contributed by atoms with Gasteiger partial charge in [-0.05, 0) is 95.1 Å². The molecule has 0 fully saturated rings. The van der Waals surface area contributed by atoms with E-state index in [4.69, 9.17) is 8.83 Å². The summed E-state index contributed by atoms with van der Waals surface area (Å²) in [7, 11) is 0. The van der Waals surface area contributed by atoms with Crippen molar-refractivity contribution >= 4 is 87.5 Å². The Kier molecular flexibility index (Phi) is 6.41. The highest BCUT2D eigenvalue weighted by Crippen LogP contribution is 2.44. The molecule has 0 bridgehead atoms. The van der Waals surface area contributed by atoms with E-state index in [0.29, 0.717) is 0 Å². The van der Waals surface area contributed by atoms with Crippen molar-refractivity contribution in [1.82, 2.24) is 9.13 Å². The summed E-state index contributed by atoms with van der Waals surface area (Å²) in [6.07, 6.45) is 0. The minimum atomic E-state index is 0.885. The summed E-state index contributed by atoms with van der Waals surface area (Å²) in [6.45, 7) is 0. The average molecular weight is 741 g/mol. The molecular weight excluding hydrogens is 709 g/mol. The number of rotatable bonds is 4. The van der Waals surface area contributed by atoms with Gasteiger partial charge >= 0.3 is 0 Å². The summed E-state index contributed by atoms with van der Waals surface area (Å²) in [5, 5.41) is 9.30. The molecule has 0 radical (unpaired) electrons. The van der Waals surface area contributed by atoms with E-state index in [9.17, 15) is 0 Å². The van der Waals surface area contributed by atoms with E-state index >= 15 is 0 Å². The van der Waals surface area contributed by atoms with Crippen LogP contribution in [-0.4, -0.2) is 9.13 Å². The second kappa shape index (κ2) is 11.8. The molecule has 270 valence electrons. The lowest BCUT2D eigenvalue weighted by Crippen LogP contribution is -1.95. The Labute approximate surface area is 332 Å². The van der Waals surface area contributed by atoms with Gasteiger partial charge in [0.1, 0.15) is 16.7 Å². The van der Waals surface area contributed by atoms with Crippen LogP contribution in [-0.2, 0) is 0 Å². The quantitative estimate of drug-likeness (QED) is 0.180. The van der Waals surface area contributed by atoms with Gasteiger partial charge in [-0.1, -0.05) is 121 Å². The number of aromatic nitrogens is 2. The average Bonchev–Trinajstić information content (AvgIpc) is 4.03. The van der Waals surface area contributed by atoms with Crippen molar-refractivity contribution in [3.8, 4) is 33.6 Å². The van der Waals surface area contributed by atoms with Crippen molar-refractivity contribution in [1.29, 1.82) is 0 Å². The number of hydrogen-bond donors (Lipinski definition) is 0. The van der Waals surface area contributed by atoms with Gasteiger partial charge in [-0.2, -0.15) is 0 Å². The van der Waals surface area contributed by atoms with Gasteiger partial charge in [-0.25, -0.2) is 0 Å². The molecule has 0 amide bonds. The molecule has 0 aliphatic carbocycles. The zero-order valence-corrected chi connectivity index (χ0v) is 31.2. The van der Waals surface area contributed by atoms with Gasteiger partial charge in [0, 0.05) is 48.8 Å². The number of hydrogen-bond acceptors (Lipinski definition) is 2. The smallest absolute Gasteiger partial charge is 0.159 e. The minimum Gasteiger partial charge on any atom is -0.456 e. The number of para-hydroxylation sites is 5. The first kappa shape index (κ1) is 31.4. The van der Waals surface area contributed by atoms with Crippen LogP contribution in [0.3, 0.4) is 0 Å². The van der Waals surface area contributed by atoms with Crippen molar-refractivity contribution in [2.75, 3.05) is 0 Å². The van der Waals surface area contributed by atoms with Crippen molar-refractivity contribution < 1.29 is 8.83 Å². The van der Waals surface area contributed by atoms with Crippen LogP contribution in [0.2, 0.25) is 0 Å². The van der Waals surface area contributed by atoms with Gasteiger partial charge in [0.05, 0.1) is 27.8 Å². The van der Waals surface area contributed by atoms with Crippen LogP contribution in [0.25, 0.3) is 121 Å². The topological polar surface area (TPSA) is 36.1 Å². The zero-order valence-electron chi connectivity index (χ0n) is 31.2. The largest absolute Gasteiger partial charge is 0.456 e. The monoisotopic (exact) mass is 740 g/mol. The minimum absolute atomic E-state index is 0.885. The van der Waals surface area contributed by atoms with E-state index in [1.165, 1.54) is 43.8 Å². The third-order valence-corrected chi connectivity index (χ3v) is 12.1. The molecule has 0 saturated carbocycles. The number of benzene rings is 9. The van der Waals surface area contributed by atoms with E-state index in [-0.39, 0.29) is 0 Å². The molecule has 0 atom stereocenters. The van der Waals surface area contributed by atoms with E-state index < -0.39 is 0 Å². The lowest BCUT2D eigenvalue weighted by molar-refractivity contribution is 0.666. The standard InChI is InChI=1S/C54H32N2O2/c1-2-13-33(14-3-1)41-31-44-37-16-5-9-21-47(37)56(49-22-12-19-40-38-17-6-11-24-52(38)58-54(40)49)50(44)32-42(41)34-25-27-48-43(29-34)36-15-4-8-20-46(36)55(48)35-26-28-53-45(30-35)39-18-7-10-23-51(39)57-53/h1-32H. The summed E-state index contributed by atoms with van der Waals surface area (Å²) >= 11 is 0. The van der Waals surface area contributed by atoms with Crippen LogP contribution in [0.5, 0.6) is 0 Å². The molecule has 0 N–H and O–H groups in total. The van der Waals surface area contributed by atoms with Crippen LogP contribution in [0.15, 0.2) is 203 Å². The third-order valence-electron chi connectivity index (χ3n) is 12.1. The first-order valence-corrected chi connectivity index (χ1v) is 19.8. The molecule has 13 rings (SSSR count). The molecule has 4 aromatic heterocycles. The van der Waals surface area contributed by atoms with Crippen molar-refractivity contribution in [2.45, 2.75) is 0 Å². The highest BCUT2D eigenvalue weighted by molar-refractivity contribution is 6.16. The molecule has 4 nitrogen and oxygen atoms in total. The van der Waals surface area contributed by atoms with Crippen LogP contribution in [0, 0.1) is 0 Å². The Bertz CT molecular complexity index is 3800. The summed E-state index contributed by atoms with van der Waals surface area (Å²) in [6, 6.07) is 69.7. The second-order valence-corrected chi connectivity index (χ2v) is 15.2. The van der Waals surface area contributed by atoms with Crippen molar-refractivity contribution in [2.24, 2.45) is 0 Å². The molecule has 0 saturated heterocycles. The fraction of sp³-hybridized carbons (Fsp3) is 0. The maximum absolute atomic E-state index is 6.65. The summed E-state index contributed by atoms with van der Waals surface area (Å²) in [5.41, 5.74) is 15.0. The lowest BCUT2D eigenvalue weighted by atomic mass is 9.92. The van der Waals surface area contributed by atoms with Crippen molar-refractivity contribution in [3.63, 3.8) is 0 Å². The zero-order chi connectivity index (χ0) is 37.9. The summed E-state index contributed by atoms with van der Waals surface area (Å²) in [5.74, 6) is 0. The first-order chi connectivity index (χ1) is 28.8. The normalized spacial score (nSPS) is 12.1. The fourth-order valence-electron chi connectivity index (χ4n) is 9.55. The van der Waals surface area contributed by atoms with Crippen LogP contribution < -0.4 is 0 Å². The van der Waals surface area contributed by atoms with Gasteiger partial charge < -0.3 is 18.0 Å². The number of furan rings is 2. The van der Waals surface area contributed by atoms with Gasteiger partial charge in [0.25, 0.3) is 0 Å². The van der Waals surface area contributed by atoms with Crippen LogP contribution in [0.4, 0.5) is 0 Å². The predicted octanol–water partition coefficient (Wildman–Crippen LogP) is 15.0. The highest BCUT2D eigenvalue weighted by Gasteiger charge is 2.22. The van der Waals surface area contributed by atoms with Crippen LogP contribution >= 0.6 is 0 Å². The SMILES string of the molecule is c1ccc(-c2cc3c4ccccc4n(-c4cccc5c4oc4ccccc45)c3cc2-c2ccc3c(c2)c2ccccc2n3-c2ccc3oc4ccccc4c3c2)cc1. The van der Waals surface area contributed by atoms with Gasteiger partial charge in [-0.15, -0.1) is 0 Å².